The molecular weight excluding hydrogens is 598 g/mol. The number of methoxy groups -OCH3 is 1. The van der Waals surface area contributed by atoms with Crippen molar-refractivity contribution in [1.29, 1.82) is 0 Å². The van der Waals surface area contributed by atoms with Gasteiger partial charge in [0.25, 0.3) is 5.91 Å². The van der Waals surface area contributed by atoms with Crippen LogP contribution in [0.25, 0.3) is 11.0 Å². The Bertz CT molecular complexity index is 1550. The van der Waals surface area contributed by atoms with E-state index >= 15 is 4.39 Å². The van der Waals surface area contributed by atoms with Gasteiger partial charge in [-0.3, -0.25) is 10.1 Å². The molecular formula is C34H46F2N4O6. The van der Waals surface area contributed by atoms with Gasteiger partial charge in [0.05, 0.1) is 24.7 Å². The standard InChI is InChI=1S/C30H34F2N4O6.2C2H6/c1-7-11-30(27(38)40-6)21-10-9-18(31)13-20(21)26(37)36(30)16-19-14-23-24(35(19)17-41-12-8-2)15-22(32)25(33-23)34-28(39)42-29(3,4)5;2*1-2/h7,9-10,13-15H,1,8,11-12,16-17H2,2-6H3,(H,33,34,39);2*1-2H3. The van der Waals surface area contributed by atoms with Crippen LogP contribution in [0.3, 0.4) is 0 Å². The Labute approximate surface area is 269 Å². The molecule has 1 unspecified atom stereocenters. The second-order valence-corrected chi connectivity index (χ2v) is 10.9. The number of rotatable bonds is 10. The predicted molar refractivity (Wildman–Crippen MR) is 173 cm³/mol. The number of esters is 1. The molecule has 252 valence electrons. The molecule has 1 aliphatic heterocycles. The molecule has 46 heavy (non-hydrogen) atoms. The van der Waals surface area contributed by atoms with Gasteiger partial charge in [-0.2, -0.15) is 0 Å². The third kappa shape index (κ3) is 7.90. The third-order valence-corrected chi connectivity index (χ3v) is 6.76. The fraction of sp³-hybridized carbons (Fsp3) is 0.471. The lowest BCUT2D eigenvalue weighted by molar-refractivity contribution is -0.154. The number of fused-ring (bicyclic) bond motifs is 2. The number of carbonyl (C=O) groups excluding carboxylic acids is 3. The highest BCUT2D eigenvalue weighted by atomic mass is 19.1. The molecule has 2 amide bonds. The number of carbonyl (C=O) groups is 3. The van der Waals surface area contributed by atoms with E-state index in [-0.39, 0.29) is 31.1 Å². The molecule has 0 aliphatic carbocycles. The number of benzene rings is 1. The zero-order chi connectivity index (χ0) is 34.8. The minimum atomic E-state index is -1.62. The van der Waals surface area contributed by atoms with Crippen molar-refractivity contribution in [1.82, 2.24) is 14.5 Å². The van der Waals surface area contributed by atoms with Crippen LogP contribution in [0.15, 0.2) is 43.0 Å². The lowest BCUT2D eigenvalue weighted by atomic mass is 9.86. The van der Waals surface area contributed by atoms with E-state index in [2.05, 4.69) is 16.9 Å². The van der Waals surface area contributed by atoms with Gasteiger partial charge in [0.2, 0.25) is 0 Å². The molecule has 4 rings (SSSR count). The third-order valence-electron chi connectivity index (χ3n) is 6.76. The van der Waals surface area contributed by atoms with Crippen molar-refractivity contribution in [2.45, 2.75) is 92.6 Å². The molecule has 0 saturated carbocycles. The smallest absolute Gasteiger partial charge is 0.413 e. The van der Waals surface area contributed by atoms with Crippen LogP contribution >= 0.6 is 0 Å². The average molecular weight is 645 g/mol. The Kier molecular flexibility index (Phi) is 13.4. The zero-order valence-electron chi connectivity index (χ0n) is 28.3. The van der Waals surface area contributed by atoms with Crippen LogP contribution in [0, 0.1) is 11.6 Å². The summed E-state index contributed by atoms with van der Waals surface area (Å²) >= 11 is 0. The molecule has 0 bridgehead atoms. The van der Waals surface area contributed by atoms with Gasteiger partial charge in [-0.15, -0.1) is 6.58 Å². The lowest BCUT2D eigenvalue weighted by Crippen LogP contribution is -2.50. The summed E-state index contributed by atoms with van der Waals surface area (Å²) in [5.41, 5.74) is -1.04. The maximum Gasteiger partial charge on any atom is 0.413 e. The Hall–Kier alpha value is -4.32. The fourth-order valence-electron chi connectivity index (χ4n) is 5.07. The van der Waals surface area contributed by atoms with Crippen LogP contribution in [0.4, 0.5) is 19.4 Å². The van der Waals surface area contributed by atoms with E-state index in [4.69, 9.17) is 14.2 Å². The molecule has 1 atom stereocenters. The van der Waals surface area contributed by atoms with Crippen LogP contribution in [-0.4, -0.2) is 51.7 Å². The van der Waals surface area contributed by atoms with E-state index in [9.17, 15) is 18.8 Å². The highest BCUT2D eigenvalue weighted by molar-refractivity contribution is 6.06. The van der Waals surface area contributed by atoms with Crippen LogP contribution < -0.4 is 5.32 Å². The first-order valence-electron chi connectivity index (χ1n) is 15.4. The molecule has 12 heteroatoms. The maximum absolute atomic E-state index is 15.2. The number of hydrogen-bond donors (Lipinski definition) is 1. The van der Waals surface area contributed by atoms with Gasteiger partial charge in [-0.1, -0.05) is 46.8 Å². The minimum absolute atomic E-state index is 0.00650. The monoisotopic (exact) mass is 644 g/mol. The average Bonchev–Trinajstić information content (AvgIpc) is 3.45. The summed E-state index contributed by atoms with van der Waals surface area (Å²) in [6, 6.07) is 6.47. The summed E-state index contributed by atoms with van der Waals surface area (Å²) < 4.78 is 47.2. The van der Waals surface area contributed by atoms with Gasteiger partial charge in [0.15, 0.2) is 17.2 Å². The van der Waals surface area contributed by atoms with E-state index in [1.807, 2.05) is 34.6 Å². The van der Waals surface area contributed by atoms with Crippen molar-refractivity contribution >= 4 is 34.8 Å². The summed E-state index contributed by atoms with van der Waals surface area (Å²) in [6.07, 6.45) is 1.33. The lowest BCUT2D eigenvalue weighted by Gasteiger charge is -2.36. The van der Waals surface area contributed by atoms with E-state index in [1.165, 1.54) is 36.3 Å². The van der Waals surface area contributed by atoms with Gasteiger partial charge < -0.3 is 23.7 Å². The molecule has 0 fully saturated rings. The van der Waals surface area contributed by atoms with Gasteiger partial charge in [0.1, 0.15) is 18.1 Å². The highest BCUT2D eigenvalue weighted by Gasteiger charge is 2.55. The van der Waals surface area contributed by atoms with E-state index in [1.54, 1.807) is 31.4 Å². The van der Waals surface area contributed by atoms with Crippen LogP contribution in [0.1, 0.15) is 89.8 Å². The summed E-state index contributed by atoms with van der Waals surface area (Å²) in [5.74, 6) is -3.10. The van der Waals surface area contributed by atoms with Gasteiger partial charge in [-0.25, -0.2) is 23.4 Å². The molecule has 10 nitrogen and oxygen atoms in total. The van der Waals surface area contributed by atoms with Crippen molar-refractivity contribution < 1.29 is 37.4 Å². The number of aromatic nitrogens is 2. The number of nitrogens with one attached hydrogen (secondary N) is 1. The minimum Gasteiger partial charge on any atom is -0.467 e. The SMILES string of the molecule is C=CCC1(C(=O)OC)c2ccc(F)cc2C(=O)N1Cc1cc2nc(NC(=O)OC(C)(C)C)c(F)cc2n1COCCC.CC.CC. The summed E-state index contributed by atoms with van der Waals surface area (Å²) in [7, 11) is 1.21. The van der Waals surface area contributed by atoms with Crippen LogP contribution in [-0.2, 0) is 37.8 Å². The quantitative estimate of drug-likeness (QED) is 0.137. The van der Waals surface area contributed by atoms with Crippen molar-refractivity contribution in [3.8, 4) is 0 Å². The summed E-state index contributed by atoms with van der Waals surface area (Å²) in [5, 5.41) is 2.33. The number of nitrogens with zero attached hydrogens (tertiary/aromatic N) is 3. The molecule has 1 aliphatic rings. The normalized spacial score (nSPS) is 15.3. The largest absolute Gasteiger partial charge is 0.467 e. The highest BCUT2D eigenvalue weighted by Crippen LogP contribution is 2.44. The number of amides is 2. The second-order valence-electron chi connectivity index (χ2n) is 10.9. The Balaban J connectivity index is 0.00000177. The summed E-state index contributed by atoms with van der Waals surface area (Å²) in [6.45, 7) is 19.0. The van der Waals surface area contributed by atoms with Crippen LogP contribution in [0.2, 0.25) is 0 Å². The molecule has 1 N–H and O–H groups in total. The first-order valence-corrected chi connectivity index (χ1v) is 15.4. The van der Waals surface area contributed by atoms with E-state index in [0.717, 1.165) is 12.5 Å². The molecule has 0 saturated heterocycles. The number of anilines is 1. The van der Waals surface area contributed by atoms with E-state index < -0.39 is 40.7 Å². The topological polar surface area (TPSA) is 112 Å². The number of pyridine rings is 1. The molecule has 3 aromatic rings. The molecule has 0 spiro atoms. The van der Waals surface area contributed by atoms with Crippen molar-refractivity contribution in [2.24, 2.45) is 0 Å². The Morgan fingerprint density at radius 3 is 2.37 bits per heavy atom. The van der Waals surface area contributed by atoms with Crippen molar-refractivity contribution in [3.05, 3.63) is 71.4 Å². The molecule has 2 aromatic heterocycles. The predicted octanol–water partition coefficient (Wildman–Crippen LogP) is 7.70. The first kappa shape index (κ1) is 37.9. The van der Waals surface area contributed by atoms with Gasteiger partial charge >= 0.3 is 12.1 Å². The fourth-order valence-corrected chi connectivity index (χ4v) is 5.07. The van der Waals surface area contributed by atoms with Gasteiger partial charge in [-0.05, 0) is 45.4 Å². The van der Waals surface area contributed by atoms with Gasteiger partial charge in [0, 0.05) is 35.9 Å². The zero-order valence-corrected chi connectivity index (χ0v) is 28.3. The number of ether oxygens (including phenoxy) is 3. The molecule has 1 aromatic carbocycles. The molecule has 3 heterocycles. The number of hydrogen-bond acceptors (Lipinski definition) is 7. The maximum atomic E-state index is 15.2. The van der Waals surface area contributed by atoms with Crippen molar-refractivity contribution in [3.63, 3.8) is 0 Å². The Morgan fingerprint density at radius 2 is 1.78 bits per heavy atom. The number of halogens is 2. The van der Waals surface area contributed by atoms with Crippen LogP contribution in [0.5, 0.6) is 0 Å². The van der Waals surface area contributed by atoms with Crippen molar-refractivity contribution in [2.75, 3.05) is 19.0 Å². The summed E-state index contributed by atoms with van der Waals surface area (Å²) in [4.78, 5) is 45.0. The molecule has 0 radical (unpaired) electrons. The Morgan fingerprint density at radius 1 is 1.11 bits per heavy atom. The second kappa shape index (κ2) is 16.3. The van der Waals surface area contributed by atoms with E-state index in [0.29, 0.717) is 28.9 Å². The first-order chi connectivity index (χ1) is 21.9.